The Hall–Kier alpha value is -0.0800. The van der Waals surface area contributed by atoms with E-state index in [4.69, 9.17) is 0 Å². The predicted octanol–water partition coefficient (Wildman–Crippen LogP) is 3.13. The summed E-state index contributed by atoms with van der Waals surface area (Å²) in [4.78, 5) is 2.79. The first-order chi connectivity index (χ1) is 8.01. The number of hydrogen-bond donors (Lipinski definition) is 1. The Balaban J connectivity index is 2.78. The molecule has 0 aromatic rings. The van der Waals surface area contributed by atoms with Crippen LogP contribution in [-0.4, -0.2) is 36.1 Å². The van der Waals surface area contributed by atoms with Crippen molar-refractivity contribution in [2.24, 2.45) is 11.8 Å². The first-order valence-electron chi connectivity index (χ1n) is 7.50. The van der Waals surface area contributed by atoms with Crippen molar-refractivity contribution in [3.63, 3.8) is 0 Å². The Bertz CT molecular complexity index is 203. The summed E-state index contributed by atoms with van der Waals surface area (Å²) in [5, 5.41) is 3.71. The molecule has 0 bridgehead atoms. The van der Waals surface area contributed by atoms with E-state index < -0.39 is 0 Å². The van der Waals surface area contributed by atoms with E-state index in [1.165, 1.54) is 25.9 Å². The summed E-state index contributed by atoms with van der Waals surface area (Å²) in [7, 11) is 0. The largest absolute Gasteiger partial charge is 0.311 e. The van der Waals surface area contributed by atoms with Gasteiger partial charge in [-0.3, -0.25) is 4.90 Å². The molecule has 2 heteroatoms. The molecule has 1 aliphatic heterocycles. The fraction of sp³-hybridized carbons (Fsp3) is 1.00. The van der Waals surface area contributed by atoms with E-state index in [0.29, 0.717) is 12.1 Å². The van der Waals surface area contributed by atoms with E-state index in [1.807, 2.05) is 0 Å². The van der Waals surface area contributed by atoms with Gasteiger partial charge < -0.3 is 5.32 Å². The molecule has 102 valence electrons. The second-order valence-corrected chi connectivity index (χ2v) is 6.24. The number of hydrogen-bond acceptors (Lipinski definition) is 2. The van der Waals surface area contributed by atoms with E-state index in [2.05, 4.69) is 51.8 Å². The highest BCUT2D eigenvalue weighted by Gasteiger charge is 2.34. The lowest BCUT2D eigenvalue weighted by molar-refractivity contribution is 0.0333. The number of nitrogens with one attached hydrogen (secondary N) is 1. The van der Waals surface area contributed by atoms with Gasteiger partial charge in [0.1, 0.15) is 0 Å². The highest BCUT2D eigenvalue weighted by Crippen LogP contribution is 2.24. The molecule has 0 radical (unpaired) electrons. The summed E-state index contributed by atoms with van der Waals surface area (Å²) in [6, 6.07) is 2.15. The first kappa shape index (κ1) is 15.0. The Morgan fingerprint density at radius 2 is 1.82 bits per heavy atom. The van der Waals surface area contributed by atoms with Crippen LogP contribution in [0.3, 0.4) is 0 Å². The van der Waals surface area contributed by atoms with Gasteiger partial charge in [0.25, 0.3) is 0 Å². The smallest absolute Gasteiger partial charge is 0.0247 e. The Kier molecular flexibility index (Phi) is 5.94. The molecule has 1 rings (SSSR count). The van der Waals surface area contributed by atoms with Crippen LogP contribution in [-0.2, 0) is 0 Å². The van der Waals surface area contributed by atoms with Gasteiger partial charge in [0.15, 0.2) is 0 Å². The van der Waals surface area contributed by atoms with Gasteiger partial charge >= 0.3 is 0 Å². The monoisotopic (exact) mass is 240 g/mol. The molecule has 1 aliphatic rings. The molecule has 1 saturated heterocycles. The van der Waals surface area contributed by atoms with Crippen molar-refractivity contribution >= 4 is 0 Å². The minimum atomic E-state index is 0.692. The average Bonchev–Trinajstić information content (AvgIpc) is 2.29. The van der Waals surface area contributed by atoms with E-state index >= 15 is 0 Å². The van der Waals surface area contributed by atoms with E-state index in [-0.39, 0.29) is 0 Å². The first-order valence-corrected chi connectivity index (χ1v) is 7.50. The van der Waals surface area contributed by atoms with Crippen LogP contribution in [0.1, 0.15) is 54.4 Å². The van der Waals surface area contributed by atoms with Crippen molar-refractivity contribution in [1.82, 2.24) is 10.2 Å². The molecular weight excluding hydrogens is 208 g/mol. The highest BCUT2D eigenvalue weighted by atomic mass is 15.3. The molecule has 0 aromatic heterocycles. The highest BCUT2D eigenvalue weighted by molar-refractivity contribution is 4.91. The maximum absolute atomic E-state index is 3.71. The van der Waals surface area contributed by atoms with Gasteiger partial charge in [-0.05, 0) is 24.7 Å². The molecule has 0 saturated carbocycles. The third kappa shape index (κ3) is 3.69. The molecule has 1 N–H and O–H groups in total. The van der Waals surface area contributed by atoms with Crippen molar-refractivity contribution in [1.29, 1.82) is 0 Å². The standard InChI is InChI=1S/C15H32N2/c1-7-13-10-17(14(8-2)11(3)4)15(9-16-13)12(5)6/h11-16H,7-10H2,1-6H3. The van der Waals surface area contributed by atoms with E-state index in [9.17, 15) is 0 Å². The van der Waals surface area contributed by atoms with Crippen molar-refractivity contribution in [3.05, 3.63) is 0 Å². The van der Waals surface area contributed by atoms with Crippen LogP contribution in [0, 0.1) is 11.8 Å². The van der Waals surface area contributed by atoms with Crippen LogP contribution in [0.2, 0.25) is 0 Å². The topological polar surface area (TPSA) is 15.3 Å². The van der Waals surface area contributed by atoms with Crippen molar-refractivity contribution in [3.8, 4) is 0 Å². The van der Waals surface area contributed by atoms with Crippen LogP contribution in [0.5, 0.6) is 0 Å². The maximum atomic E-state index is 3.71. The molecular formula is C15H32N2. The summed E-state index contributed by atoms with van der Waals surface area (Å²) in [6.45, 7) is 16.5. The number of nitrogens with zero attached hydrogens (tertiary/aromatic N) is 1. The third-order valence-corrected chi connectivity index (χ3v) is 4.35. The van der Waals surface area contributed by atoms with Crippen LogP contribution in [0.15, 0.2) is 0 Å². The van der Waals surface area contributed by atoms with Gasteiger partial charge in [-0.25, -0.2) is 0 Å². The average molecular weight is 240 g/mol. The zero-order valence-corrected chi connectivity index (χ0v) is 12.7. The molecule has 2 nitrogen and oxygen atoms in total. The van der Waals surface area contributed by atoms with Gasteiger partial charge in [0.2, 0.25) is 0 Å². The van der Waals surface area contributed by atoms with E-state index in [0.717, 1.165) is 17.9 Å². The molecule has 0 aliphatic carbocycles. The van der Waals surface area contributed by atoms with Crippen LogP contribution in [0.4, 0.5) is 0 Å². The summed E-state index contributed by atoms with van der Waals surface area (Å²) >= 11 is 0. The minimum Gasteiger partial charge on any atom is -0.311 e. The van der Waals surface area contributed by atoms with Gasteiger partial charge in [-0.2, -0.15) is 0 Å². The predicted molar refractivity (Wildman–Crippen MR) is 76.3 cm³/mol. The fourth-order valence-corrected chi connectivity index (χ4v) is 3.22. The molecule has 3 atom stereocenters. The lowest BCUT2D eigenvalue weighted by atomic mass is 9.91. The van der Waals surface area contributed by atoms with Crippen LogP contribution < -0.4 is 5.32 Å². The summed E-state index contributed by atoms with van der Waals surface area (Å²) in [5.41, 5.74) is 0. The second-order valence-electron chi connectivity index (χ2n) is 6.24. The van der Waals surface area contributed by atoms with Crippen LogP contribution >= 0.6 is 0 Å². The second kappa shape index (κ2) is 6.75. The lowest BCUT2D eigenvalue weighted by Crippen LogP contribution is -2.61. The fourth-order valence-electron chi connectivity index (χ4n) is 3.22. The number of piperazine rings is 1. The molecule has 17 heavy (non-hydrogen) atoms. The molecule has 0 aromatic carbocycles. The molecule has 0 spiro atoms. The number of rotatable bonds is 5. The summed E-state index contributed by atoms with van der Waals surface area (Å²) < 4.78 is 0. The normalized spacial score (nSPS) is 28.9. The summed E-state index contributed by atoms with van der Waals surface area (Å²) in [5.74, 6) is 1.50. The summed E-state index contributed by atoms with van der Waals surface area (Å²) in [6.07, 6.45) is 2.52. The van der Waals surface area contributed by atoms with Crippen molar-refractivity contribution < 1.29 is 0 Å². The Morgan fingerprint density at radius 3 is 2.24 bits per heavy atom. The zero-order valence-electron chi connectivity index (χ0n) is 12.7. The zero-order chi connectivity index (χ0) is 13.0. The molecule has 3 unspecified atom stereocenters. The quantitative estimate of drug-likeness (QED) is 0.794. The van der Waals surface area contributed by atoms with E-state index in [1.54, 1.807) is 0 Å². The van der Waals surface area contributed by atoms with Gasteiger partial charge in [-0.1, -0.05) is 41.5 Å². The van der Waals surface area contributed by atoms with Gasteiger partial charge in [0.05, 0.1) is 0 Å². The Labute approximate surface area is 108 Å². The van der Waals surface area contributed by atoms with Crippen molar-refractivity contribution in [2.45, 2.75) is 72.5 Å². The Morgan fingerprint density at radius 1 is 1.18 bits per heavy atom. The SMILES string of the molecule is CCC1CN(C(CC)C(C)C)C(C(C)C)CN1. The molecule has 1 fully saturated rings. The third-order valence-electron chi connectivity index (χ3n) is 4.35. The van der Waals surface area contributed by atoms with Gasteiger partial charge in [0, 0.05) is 31.2 Å². The van der Waals surface area contributed by atoms with Crippen LogP contribution in [0.25, 0.3) is 0 Å². The van der Waals surface area contributed by atoms with Crippen molar-refractivity contribution in [2.75, 3.05) is 13.1 Å². The lowest BCUT2D eigenvalue weighted by Gasteiger charge is -2.47. The molecule has 0 amide bonds. The molecule has 1 heterocycles. The maximum Gasteiger partial charge on any atom is 0.0247 e. The minimum absolute atomic E-state index is 0.692. The van der Waals surface area contributed by atoms with Gasteiger partial charge in [-0.15, -0.1) is 0 Å².